The molecule has 0 aliphatic carbocycles. The molecule has 0 fully saturated rings. The van der Waals surface area contributed by atoms with Crippen molar-refractivity contribution in [1.29, 1.82) is 0 Å². The van der Waals surface area contributed by atoms with E-state index in [1.165, 1.54) is 12.1 Å². The highest BCUT2D eigenvalue weighted by Crippen LogP contribution is 2.22. The molecule has 96 valence electrons. The van der Waals surface area contributed by atoms with Crippen LogP contribution in [-0.2, 0) is 0 Å². The van der Waals surface area contributed by atoms with Crippen LogP contribution in [-0.4, -0.2) is 0 Å². The van der Waals surface area contributed by atoms with Gasteiger partial charge >= 0.3 is 0 Å². The smallest absolute Gasteiger partial charge is 0.130 e. The van der Waals surface area contributed by atoms with Crippen LogP contribution in [0.25, 0.3) is 0 Å². The molecular formula is C14H15F2NO. The van der Waals surface area contributed by atoms with Gasteiger partial charge in [-0.05, 0) is 32.0 Å². The Morgan fingerprint density at radius 3 is 2.50 bits per heavy atom. The summed E-state index contributed by atoms with van der Waals surface area (Å²) < 4.78 is 31.7. The molecular weight excluding hydrogens is 236 g/mol. The summed E-state index contributed by atoms with van der Waals surface area (Å²) in [6.45, 7) is 3.76. The molecule has 0 radical (unpaired) electrons. The third-order valence-electron chi connectivity index (χ3n) is 2.90. The zero-order valence-electron chi connectivity index (χ0n) is 10.3. The Hall–Kier alpha value is -1.68. The van der Waals surface area contributed by atoms with Crippen molar-refractivity contribution in [3.8, 4) is 0 Å². The van der Waals surface area contributed by atoms with Crippen LogP contribution in [0.15, 0.2) is 41.0 Å². The number of hydrogen-bond acceptors (Lipinski definition) is 2. The predicted octanol–water partition coefficient (Wildman–Crippen LogP) is 3.97. The van der Waals surface area contributed by atoms with Crippen molar-refractivity contribution < 1.29 is 13.2 Å². The molecule has 2 nitrogen and oxygen atoms in total. The van der Waals surface area contributed by atoms with Crippen LogP contribution in [0.5, 0.6) is 0 Å². The first-order valence-electron chi connectivity index (χ1n) is 5.82. The minimum atomic E-state index is -0.567. The molecule has 1 N–H and O–H groups in total. The van der Waals surface area contributed by atoms with Gasteiger partial charge in [0.2, 0.25) is 0 Å². The van der Waals surface area contributed by atoms with E-state index in [2.05, 4.69) is 5.32 Å². The summed E-state index contributed by atoms with van der Waals surface area (Å²) in [7, 11) is 0. The number of halogens is 2. The van der Waals surface area contributed by atoms with Crippen molar-refractivity contribution in [2.75, 3.05) is 0 Å². The van der Waals surface area contributed by atoms with Crippen LogP contribution in [0.2, 0.25) is 0 Å². The normalized spacial score (nSPS) is 14.4. The summed E-state index contributed by atoms with van der Waals surface area (Å²) in [5, 5.41) is 3.20. The van der Waals surface area contributed by atoms with E-state index in [4.69, 9.17) is 4.42 Å². The van der Waals surface area contributed by atoms with Gasteiger partial charge in [-0.25, -0.2) is 8.78 Å². The Morgan fingerprint density at radius 2 is 1.89 bits per heavy atom. The maximum Gasteiger partial charge on any atom is 0.130 e. The first kappa shape index (κ1) is 12.8. The molecule has 0 bridgehead atoms. The summed E-state index contributed by atoms with van der Waals surface area (Å²) in [4.78, 5) is 0. The second kappa shape index (κ2) is 5.31. The zero-order valence-corrected chi connectivity index (χ0v) is 10.3. The topological polar surface area (TPSA) is 25.2 Å². The van der Waals surface area contributed by atoms with E-state index in [1.54, 1.807) is 12.3 Å². The molecule has 0 saturated heterocycles. The Bertz CT molecular complexity index is 511. The second-order valence-electron chi connectivity index (χ2n) is 4.29. The molecule has 2 aromatic rings. The number of hydrogen-bond donors (Lipinski definition) is 1. The molecule has 0 aliphatic heterocycles. The Labute approximate surface area is 105 Å². The highest BCUT2D eigenvalue weighted by molar-refractivity contribution is 5.22. The quantitative estimate of drug-likeness (QED) is 0.889. The molecule has 0 spiro atoms. The predicted molar refractivity (Wildman–Crippen MR) is 65.0 cm³/mol. The molecule has 18 heavy (non-hydrogen) atoms. The van der Waals surface area contributed by atoms with Crippen molar-refractivity contribution in [2.45, 2.75) is 25.9 Å². The maximum atomic E-state index is 13.6. The summed E-state index contributed by atoms with van der Waals surface area (Å²) in [5.74, 6) is -0.325. The van der Waals surface area contributed by atoms with Gasteiger partial charge in [0.05, 0.1) is 12.3 Å². The number of furan rings is 1. The van der Waals surface area contributed by atoms with Crippen molar-refractivity contribution in [2.24, 2.45) is 0 Å². The molecule has 0 amide bonds. The highest BCUT2D eigenvalue weighted by Gasteiger charge is 2.16. The minimum Gasteiger partial charge on any atom is -0.468 e. The van der Waals surface area contributed by atoms with Gasteiger partial charge in [0.15, 0.2) is 0 Å². The number of rotatable bonds is 4. The Morgan fingerprint density at radius 1 is 1.11 bits per heavy atom. The van der Waals surface area contributed by atoms with Gasteiger partial charge in [0.25, 0.3) is 0 Å². The number of benzene rings is 1. The fourth-order valence-electron chi connectivity index (χ4n) is 1.94. The third-order valence-corrected chi connectivity index (χ3v) is 2.90. The lowest BCUT2D eigenvalue weighted by atomic mass is 10.1. The van der Waals surface area contributed by atoms with Crippen LogP contribution >= 0.6 is 0 Å². The first-order chi connectivity index (χ1) is 8.58. The Balaban J connectivity index is 2.10. The van der Waals surface area contributed by atoms with Crippen LogP contribution in [0, 0.1) is 11.6 Å². The third kappa shape index (κ3) is 2.76. The van der Waals surface area contributed by atoms with E-state index in [0.717, 1.165) is 11.8 Å². The fourth-order valence-corrected chi connectivity index (χ4v) is 1.94. The van der Waals surface area contributed by atoms with Crippen LogP contribution in [0.3, 0.4) is 0 Å². The van der Waals surface area contributed by atoms with Gasteiger partial charge in [0.1, 0.15) is 17.4 Å². The van der Waals surface area contributed by atoms with Gasteiger partial charge < -0.3 is 9.73 Å². The lowest BCUT2D eigenvalue weighted by molar-refractivity contribution is 0.397. The monoisotopic (exact) mass is 251 g/mol. The van der Waals surface area contributed by atoms with Crippen LogP contribution in [0.1, 0.15) is 37.3 Å². The van der Waals surface area contributed by atoms with E-state index in [0.29, 0.717) is 5.56 Å². The lowest BCUT2D eigenvalue weighted by Crippen LogP contribution is -2.23. The molecule has 2 rings (SSSR count). The molecule has 1 heterocycles. The van der Waals surface area contributed by atoms with Gasteiger partial charge in [-0.15, -0.1) is 0 Å². The Kier molecular flexibility index (Phi) is 3.77. The van der Waals surface area contributed by atoms with E-state index in [-0.39, 0.29) is 12.1 Å². The number of nitrogens with one attached hydrogen (secondary N) is 1. The van der Waals surface area contributed by atoms with Crippen molar-refractivity contribution in [1.82, 2.24) is 5.32 Å². The fraction of sp³-hybridized carbons (Fsp3) is 0.286. The van der Waals surface area contributed by atoms with E-state index < -0.39 is 11.6 Å². The summed E-state index contributed by atoms with van der Waals surface area (Å²) >= 11 is 0. The standard InChI is InChI=1S/C14H15F2NO/c1-9(12-6-5-11(15)8-13(12)16)17-10(2)14-4-3-7-18-14/h3-10,17H,1-2H3. The largest absolute Gasteiger partial charge is 0.468 e. The van der Waals surface area contributed by atoms with Crippen molar-refractivity contribution in [3.63, 3.8) is 0 Å². The molecule has 1 aromatic carbocycles. The average Bonchev–Trinajstić information content (AvgIpc) is 2.81. The van der Waals surface area contributed by atoms with Gasteiger partial charge in [-0.3, -0.25) is 0 Å². The second-order valence-corrected chi connectivity index (χ2v) is 4.29. The highest BCUT2D eigenvalue weighted by atomic mass is 19.1. The van der Waals surface area contributed by atoms with E-state index >= 15 is 0 Å². The van der Waals surface area contributed by atoms with E-state index in [1.807, 2.05) is 19.9 Å². The van der Waals surface area contributed by atoms with Crippen LogP contribution < -0.4 is 5.32 Å². The molecule has 2 atom stereocenters. The first-order valence-corrected chi connectivity index (χ1v) is 5.82. The van der Waals surface area contributed by atoms with Crippen LogP contribution in [0.4, 0.5) is 8.78 Å². The summed E-state index contributed by atoms with van der Waals surface area (Å²) in [6, 6.07) is 6.99. The van der Waals surface area contributed by atoms with Crippen molar-refractivity contribution >= 4 is 0 Å². The molecule has 0 saturated carbocycles. The molecule has 4 heteroatoms. The van der Waals surface area contributed by atoms with Crippen molar-refractivity contribution in [3.05, 3.63) is 59.6 Å². The average molecular weight is 251 g/mol. The van der Waals surface area contributed by atoms with E-state index in [9.17, 15) is 8.78 Å². The summed E-state index contributed by atoms with van der Waals surface area (Å²) in [5.41, 5.74) is 0.440. The minimum absolute atomic E-state index is 0.0422. The molecule has 0 aliphatic rings. The van der Waals surface area contributed by atoms with Gasteiger partial charge in [0, 0.05) is 17.7 Å². The molecule has 2 unspecified atom stereocenters. The maximum absolute atomic E-state index is 13.6. The zero-order chi connectivity index (χ0) is 13.1. The lowest BCUT2D eigenvalue weighted by Gasteiger charge is -2.19. The van der Waals surface area contributed by atoms with Gasteiger partial charge in [-0.2, -0.15) is 0 Å². The molecule has 1 aromatic heterocycles. The van der Waals surface area contributed by atoms with Gasteiger partial charge in [-0.1, -0.05) is 6.07 Å². The summed E-state index contributed by atoms with van der Waals surface area (Å²) in [6.07, 6.45) is 1.59. The SMILES string of the molecule is CC(NC(C)c1ccc(F)cc1F)c1ccco1.